The van der Waals surface area contributed by atoms with Crippen LogP contribution in [0.1, 0.15) is 68.4 Å². The molecule has 0 unspecified atom stereocenters. The second kappa shape index (κ2) is 8.37. The van der Waals surface area contributed by atoms with E-state index in [0.717, 1.165) is 17.7 Å². The zero-order chi connectivity index (χ0) is 21.2. The number of ether oxygens (including phenoxy) is 1. The fourth-order valence-corrected chi connectivity index (χ4v) is 3.51. The van der Waals surface area contributed by atoms with E-state index in [4.69, 9.17) is 4.74 Å². The van der Waals surface area contributed by atoms with Crippen molar-refractivity contribution in [2.75, 3.05) is 11.9 Å². The van der Waals surface area contributed by atoms with Crippen molar-refractivity contribution in [1.82, 2.24) is 15.1 Å². The number of carbonyl (C=O) groups excluding carboxylic acids is 2. The van der Waals surface area contributed by atoms with Crippen LogP contribution in [-0.2, 0) is 22.0 Å². The van der Waals surface area contributed by atoms with Gasteiger partial charge in [-0.25, -0.2) is 0 Å². The first-order valence-corrected chi connectivity index (χ1v) is 9.98. The molecule has 1 aliphatic heterocycles. The predicted octanol–water partition coefficient (Wildman–Crippen LogP) is 3.33. The monoisotopic (exact) mass is 398 g/mol. The molecule has 0 radical (unpaired) electrons. The number of benzene rings is 1. The quantitative estimate of drug-likeness (QED) is 0.827. The maximum Gasteiger partial charge on any atom is 0.273 e. The lowest BCUT2D eigenvalue weighted by molar-refractivity contribution is -0.120. The molecule has 2 N–H and O–H groups in total. The van der Waals surface area contributed by atoms with Crippen molar-refractivity contribution in [3.05, 3.63) is 47.3 Å². The number of amides is 2. The molecule has 1 aromatic carbocycles. The normalized spacial score (nSPS) is 19.6. The van der Waals surface area contributed by atoms with E-state index >= 15 is 0 Å². The highest BCUT2D eigenvalue weighted by Crippen LogP contribution is 2.30. The summed E-state index contributed by atoms with van der Waals surface area (Å²) in [6, 6.07) is 9.62. The second-order valence-electron chi connectivity index (χ2n) is 8.65. The van der Waals surface area contributed by atoms with E-state index in [1.165, 1.54) is 6.92 Å². The first-order chi connectivity index (χ1) is 13.6. The minimum atomic E-state index is -0.201. The number of nitrogens with zero attached hydrogens (tertiary/aromatic N) is 2. The van der Waals surface area contributed by atoms with E-state index in [9.17, 15) is 9.59 Å². The smallest absolute Gasteiger partial charge is 0.273 e. The molecule has 7 nitrogen and oxygen atoms in total. The Bertz CT molecular complexity index is 898. The van der Waals surface area contributed by atoms with Crippen LogP contribution in [0.25, 0.3) is 0 Å². The third kappa shape index (κ3) is 5.23. The molecular weight excluding hydrogens is 368 g/mol. The first kappa shape index (κ1) is 21.0. The number of hydrogen-bond donors (Lipinski definition) is 2. The minimum Gasteiger partial charge on any atom is -0.373 e. The van der Waals surface area contributed by atoms with Crippen LogP contribution in [0.2, 0.25) is 0 Å². The van der Waals surface area contributed by atoms with E-state index < -0.39 is 0 Å². The van der Waals surface area contributed by atoms with Gasteiger partial charge in [0.15, 0.2) is 0 Å². The molecule has 0 bridgehead atoms. The van der Waals surface area contributed by atoms with Crippen LogP contribution in [0.15, 0.2) is 30.3 Å². The molecule has 2 aromatic rings. The molecular formula is C22H30N4O3. The molecule has 2 atom stereocenters. The van der Waals surface area contributed by atoms with E-state index in [-0.39, 0.29) is 29.4 Å². The molecule has 2 amide bonds. The number of hydrogen-bond acceptors (Lipinski definition) is 4. The fourth-order valence-electron chi connectivity index (χ4n) is 3.51. The molecule has 0 spiro atoms. The Morgan fingerprint density at radius 3 is 2.66 bits per heavy atom. The number of anilines is 1. The van der Waals surface area contributed by atoms with Crippen LogP contribution in [-0.4, -0.2) is 34.2 Å². The molecule has 1 aliphatic rings. The highest BCUT2D eigenvalue weighted by molar-refractivity contribution is 6.03. The van der Waals surface area contributed by atoms with E-state index in [1.807, 2.05) is 30.3 Å². The van der Waals surface area contributed by atoms with Gasteiger partial charge in [0.2, 0.25) is 5.91 Å². The lowest BCUT2D eigenvalue weighted by Crippen LogP contribution is -2.38. The summed E-state index contributed by atoms with van der Waals surface area (Å²) in [7, 11) is 1.78. The Morgan fingerprint density at radius 2 is 2.00 bits per heavy atom. The Balaban J connectivity index is 1.72. The zero-order valence-electron chi connectivity index (χ0n) is 17.8. The van der Waals surface area contributed by atoms with Gasteiger partial charge in [-0.15, -0.1) is 0 Å². The van der Waals surface area contributed by atoms with Gasteiger partial charge in [0, 0.05) is 37.7 Å². The highest BCUT2D eigenvalue weighted by atomic mass is 16.5. The molecule has 7 heteroatoms. The van der Waals surface area contributed by atoms with Crippen LogP contribution in [0.5, 0.6) is 0 Å². The summed E-state index contributed by atoms with van der Waals surface area (Å²) in [6.45, 7) is 8.33. The van der Waals surface area contributed by atoms with Crippen LogP contribution < -0.4 is 10.6 Å². The van der Waals surface area contributed by atoms with Gasteiger partial charge < -0.3 is 15.4 Å². The second-order valence-corrected chi connectivity index (χ2v) is 8.65. The Hall–Kier alpha value is -2.67. The molecule has 2 heterocycles. The molecule has 1 aromatic heterocycles. The lowest BCUT2D eigenvalue weighted by atomic mass is 9.92. The summed E-state index contributed by atoms with van der Waals surface area (Å²) in [6.07, 6.45) is 1.41. The highest BCUT2D eigenvalue weighted by Gasteiger charge is 2.25. The zero-order valence-corrected chi connectivity index (χ0v) is 17.8. The van der Waals surface area contributed by atoms with Gasteiger partial charge in [-0.05, 0) is 36.6 Å². The fraction of sp³-hybridized carbons (Fsp3) is 0.500. The average Bonchev–Trinajstić information content (AvgIpc) is 3.04. The third-order valence-electron chi connectivity index (χ3n) is 5.09. The number of aryl methyl sites for hydroxylation is 1. The van der Waals surface area contributed by atoms with Gasteiger partial charge >= 0.3 is 0 Å². The van der Waals surface area contributed by atoms with Gasteiger partial charge in [-0.2, -0.15) is 5.10 Å². The van der Waals surface area contributed by atoms with Crippen molar-refractivity contribution in [1.29, 1.82) is 0 Å². The summed E-state index contributed by atoms with van der Waals surface area (Å²) >= 11 is 0. The number of carbonyl (C=O) groups is 2. The number of nitrogens with one attached hydrogen (secondary N) is 2. The van der Waals surface area contributed by atoms with Crippen molar-refractivity contribution in [3.8, 4) is 0 Å². The number of rotatable bonds is 4. The number of aromatic nitrogens is 2. The van der Waals surface area contributed by atoms with E-state index in [2.05, 4.69) is 36.5 Å². The molecule has 0 saturated carbocycles. The molecule has 1 fully saturated rings. The van der Waals surface area contributed by atoms with E-state index in [1.54, 1.807) is 11.7 Å². The summed E-state index contributed by atoms with van der Waals surface area (Å²) in [5.74, 6) is -0.226. The van der Waals surface area contributed by atoms with Crippen LogP contribution >= 0.6 is 0 Å². The maximum absolute atomic E-state index is 12.8. The Kier molecular flexibility index (Phi) is 6.07. The molecule has 0 aliphatic carbocycles. The van der Waals surface area contributed by atoms with Gasteiger partial charge in [0.1, 0.15) is 5.69 Å². The van der Waals surface area contributed by atoms with Gasteiger partial charge in [-0.3, -0.25) is 14.3 Å². The molecule has 29 heavy (non-hydrogen) atoms. The molecule has 3 rings (SSSR count). The summed E-state index contributed by atoms with van der Waals surface area (Å²) in [5, 5.41) is 10.4. The third-order valence-corrected chi connectivity index (χ3v) is 5.09. The maximum atomic E-state index is 12.8. The molecule has 156 valence electrons. The topological polar surface area (TPSA) is 85.2 Å². The van der Waals surface area contributed by atoms with Gasteiger partial charge in [0.05, 0.1) is 11.8 Å². The van der Waals surface area contributed by atoms with Crippen molar-refractivity contribution in [2.45, 2.75) is 58.1 Å². The van der Waals surface area contributed by atoms with E-state index in [0.29, 0.717) is 24.4 Å². The van der Waals surface area contributed by atoms with Crippen molar-refractivity contribution < 1.29 is 14.3 Å². The first-order valence-electron chi connectivity index (χ1n) is 9.98. The Labute approximate surface area is 171 Å². The van der Waals surface area contributed by atoms with Crippen molar-refractivity contribution in [3.63, 3.8) is 0 Å². The lowest BCUT2D eigenvalue weighted by Gasteiger charge is -2.30. The van der Waals surface area contributed by atoms with Crippen LogP contribution in [0.3, 0.4) is 0 Å². The van der Waals surface area contributed by atoms with Gasteiger partial charge in [0.25, 0.3) is 5.91 Å². The standard InChI is InChI=1S/C22H30N4O3/c1-14(27)23-17-9-10-29-19(12-17)15-7-6-8-16(11-15)24-21(28)18-13-20(22(2,3)4)25-26(18)5/h6-8,11,13,17,19H,9-10,12H2,1-5H3,(H,23,27)(H,24,28)/t17-,19+/m0/s1. The summed E-state index contributed by atoms with van der Waals surface area (Å²) < 4.78 is 7.52. The van der Waals surface area contributed by atoms with Gasteiger partial charge in [-0.1, -0.05) is 32.9 Å². The summed E-state index contributed by atoms with van der Waals surface area (Å²) in [4.78, 5) is 24.1. The van der Waals surface area contributed by atoms with Crippen LogP contribution in [0.4, 0.5) is 5.69 Å². The van der Waals surface area contributed by atoms with Crippen molar-refractivity contribution >= 4 is 17.5 Å². The predicted molar refractivity (Wildman–Crippen MR) is 112 cm³/mol. The average molecular weight is 399 g/mol. The Morgan fingerprint density at radius 1 is 1.24 bits per heavy atom. The van der Waals surface area contributed by atoms with Crippen LogP contribution in [0, 0.1) is 0 Å². The SMILES string of the molecule is CC(=O)N[C@H]1CCO[C@@H](c2cccc(NC(=O)c3cc(C(C)(C)C)nn3C)c2)C1. The summed E-state index contributed by atoms with van der Waals surface area (Å²) in [5.41, 5.74) is 2.95. The largest absolute Gasteiger partial charge is 0.373 e. The molecule has 1 saturated heterocycles. The minimum absolute atomic E-state index is 0.0255. The van der Waals surface area contributed by atoms with Crippen molar-refractivity contribution in [2.24, 2.45) is 7.05 Å².